The Labute approximate surface area is 128 Å². The molecule has 0 atom stereocenters. The van der Waals surface area contributed by atoms with Crippen molar-refractivity contribution >= 4 is 16.8 Å². The van der Waals surface area contributed by atoms with Gasteiger partial charge in [0.2, 0.25) is 5.91 Å². The van der Waals surface area contributed by atoms with E-state index in [-0.39, 0.29) is 5.91 Å². The average molecular weight is 297 g/mol. The standard InChI is InChI=1S/C17H19N3O2/c1-13-4-2-5-14-12-19-20(17(13)14)10-8-16(21)18-9-7-15-6-3-11-22-15/h2-6,11-12H,7-10H2,1H3,(H,18,21). The Morgan fingerprint density at radius 2 is 2.23 bits per heavy atom. The lowest BCUT2D eigenvalue weighted by Crippen LogP contribution is -2.26. The zero-order valence-corrected chi connectivity index (χ0v) is 12.6. The summed E-state index contributed by atoms with van der Waals surface area (Å²) in [6.07, 6.45) is 4.62. The molecule has 0 spiro atoms. The number of hydrogen-bond acceptors (Lipinski definition) is 3. The van der Waals surface area contributed by atoms with Crippen LogP contribution in [-0.2, 0) is 17.8 Å². The summed E-state index contributed by atoms with van der Waals surface area (Å²) in [7, 11) is 0. The second-order valence-corrected chi connectivity index (χ2v) is 5.31. The normalized spacial score (nSPS) is 11.0. The SMILES string of the molecule is Cc1cccc2cnn(CCC(=O)NCCc3ccco3)c12. The van der Waals surface area contributed by atoms with Crippen molar-refractivity contribution in [2.24, 2.45) is 0 Å². The van der Waals surface area contributed by atoms with E-state index in [9.17, 15) is 4.79 Å². The van der Waals surface area contributed by atoms with Crippen LogP contribution in [0.1, 0.15) is 17.7 Å². The molecule has 5 nitrogen and oxygen atoms in total. The first kappa shape index (κ1) is 14.4. The van der Waals surface area contributed by atoms with Gasteiger partial charge in [-0.1, -0.05) is 18.2 Å². The summed E-state index contributed by atoms with van der Waals surface area (Å²) in [5.74, 6) is 0.915. The number of nitrogens with zero attached hydrogens (tertiary/aromatic N) is 2. The van der Waals surface area contributed by atoms with Gasteiger partial charge in [-0.25, -0.2) is 0 Å². The quantitative estimate of drug-likeness (QED) is 0.761. The Bertz CT molecular complexity index is 759. The Morgan fingerprint density at radius 1 is 1.32 bits per heavy atom. The molecule has 0 radical (unpaired) electrons. The van der Waals surface area contributed by atoms with Gasteiger partial charge in [0.05, 0.1) is 24.5 Å². The molecule has 0 aliphatic heterocycles. The van der Waals surface area contributed by atoms with Crippen LogP contribution in [0.3, 0.4) is 0 Å². The molecular formula is C17H19N3O2. The van der Waals surface area contributed by atoms with Crippen LogP contribution >= 0.6 is 0 Å². The van der Waals surface area contributed by atoms with Gasteiger partial charge in [-0.3, -0.25) is 9.48 Å². The molecule has 1 amide bonds. The number of aromatic nitrogens is 2. The molecule has 0 aliphatic rings. The molecule has 3 aromatic rings. The number of carbonyl (C=O) groups is 1. The molecule has 3 rings (SSSR count). The van der Waals surface area contributed by atoms with Crippen molar-refractivity contribution < 1.29 is 9.21 Å². The van der Waals surface area contributed by atoms with Crippen LogP contribution in [0.25, 0.3) is 10.9 Å². The molecular weight excluding hydrogens is 278 g/mol. The topological polar surface area (TPSA) is 60.1 Å². The van der Waals surface area contributed by atoms with Crippen molar-refractivity contribution in [1.29, 1.82) is 0 Å². The highest BCUT2D eigenvalue weighted by Crippen LogP contribution is 2.17. The minimum Gasteiger partial charge on any atom is -0.469 e. The van der Waals surface area contributed by atoms with Gasteiger partial charge in [-0.15, -0.1) is 0 Å². The fourth-order valence-corrected chi connectivity index (χ4v) is 2.57. The molecule has 0 saturated heterocycles. The largest absolute Gasteiger partial charge is 0.469 e. The number of nitrogens with one attached hydrogen (secondary N) is 1. The lowest BCUT2D eigenvalue weighted by Gasteiger charge is -2.07. The third-order valence-corrected chi connectivity index (χ3v) is 3.69. The first-order valence-electron chi connectivity index (χ1n) is 7.44. The second kappa shape index (κ2) is 6.47. The van der Waals surface area contributed by atoms with Crippen LogP contribution in [-0.4, -0.2) is 22.2 Å². The van der Waals surface area contributed by atoms with Gasteiger partial charge < -0.3 is 9.73 Å². The number of para-hydroxylation sites is 1. The van der Waals surface area contributed by atoms with Crippen LogP contribution in [0.5, 0.6) is 0 Å². The summed E-state index contributed by atoms with van der Waals surface area (Å²) < 4.78 is 7.13. The fourth-order valence-electron chi connectivity index (χ4n) is 2.57. The summed E-state index contributed by atoms with van der Waals surface area (Å²) in [5, 5.41) is 8.39. The predicted octanol–water partition coefficient (Wildman–Crippen LogP) is 2.69. The van der Waals surface area contributed by atoms with Crippen molar-refractivity contribution in [3.63, 3.8) is 0 Å². The average Bonchev–Trinajstić information content (AvgIpc) is 3.15. The van der Waals surface area contributed by atoms with Gasteiger partial charge in [-0.2, -0.15) is 5.10 Å². The van der Waals surface area contributed by atoms with Crippen molar-refractivity contribution in [1.82, 2.24) is 15.1 Å². The molecule has 2 aromatic heterocycles. The monoisotopic (exact) mass is 297 g/mol. The summed E-state index contributed by atoms with van der Waals surface area (Å²) in [6.45, 7) is 3.23. The number of furan rings is 1. The molecule has 0 unspecified atom stereocenters. The van der Waals surface area contributed by atoms with E-state index in [2.05, 4.69) is 23.4 Å². The zero-order valence-electron chi connectivity index (χ0n) is 12.6. The van der Waals surface area contributed by atoms with E-state index in [1.165, 1.54) is 5.56 Å². The number of amides is 1. The minimum absolute atomic E-state index is 0.0313. The third kappa shape index (κ3) is 3.19. The van der Waals surface area contributed by atoms with Crippen molar-refractivity contribution in [2.75, 3.05) is 6.54 Å². The van der Waals surface area contributed by atoms with Gasteiger partial charge in [0.25, 0.3) is 0 Å². The number of fused-ring (bicyclic) bond motifs is 1. The Hall–Kier alpha value is -2.56. The predicted molar refractivity (Wildman–Crippen MR) is 84.5 cm³/mol. The maximum Gasteiger partial charge on any atom is 0.221 e. The van der Waals surface area contributed by atoms with Gasteiger partial charge in [0.1, 0.15) is 5.76 Å². The first-order chi connectivity index (χ1) is 10.7. The van der Waals surface area contributed by atoms with Crippen LogP contribution in [0.4, 0.5) is 0 Å². The molecule has 5 heteroatoms. The van der Waals surface area contributed by atoms with E-state index in [1.807, 2.05) is 35.1 Å². The molecule has 0 aliphatic carbocycles. The molecule has 114 valence electrons. The number of benzene rings is 1. The van der Waals surface area contributed by atoms with E-state index in [1.54, 1.807) is 6.26 Å². The highest BCUT2D eigenvalue weighted by Gasteiger charge is 2.07. The summed E-state index contributed by atoms with van der Waals surface area (Å²) in [6, 6.07) is 9.87. The first-order valence-corrected chi connectivity index (χ1v) is 7.44. The zero-order chi connectivity index (χ0) is 15.4. The molecule has 1 aromatic carbocycles. The van der Waals surface area contributed by atoms with E-state index >= 15 is 0 Å². The Morgan fingerprint density at radius 3 is 3.05 bits per heavy atom. The molecule has 0 fully saturated rings. The van der Waals surface area contributed by atoms with Crippen LogP contribution in [0, 0.1) is 6.92 Å². The van der Waals surface area contributed by atoms with E-state index in [4.69, 9.17) is 4.42 Å². The summed E-state index contributed by atoms with van der Waals surface area (Å²) in [4.78, 5) is 11.9. The van der Waals surface area contributed by atoms with Crippen LogP contribution in [0.15, 0.2) is 47.2 Å². The molecule has 0 bridgehead atoms. The molecule has 1 N–H and O–H groups in total. The smallest absolute Gasteiger partial charge is 0.221 e. The fraction of sp³-hybridized carbons (Fsp3) is 0.294. The number of carbonyl (C=O) groups excluding carboxylic acids is 1. The Balaban J connectivity index is 1.52. The van der Waals surface area contributed by atoms with E-state index < -0.39 is 0 Å². The van der Waals surface area contributed by atoms with Crippen molar-refractivity contribution in [2.45, 2.75) is 26.3 Å². The third-order valence-electron chi connectivity index (χ3n) is 3.69. The number of aryl methyl sites for hydroxylation is 2. The number of hydrogen-bond donors (Lipinski definition) is 1. The lowest BCUT2D eigenvalue weighted by atomic mass is 10.2. The number of rotatable bonds is 6. The van der Waals surface area contributed by atoms with Crippen molar-refractivity contribution in [3.8, 4) is 0 Å². The maximum absolute atomic E-state index is 11.9. The highest BCUT2D eigenvalue weighted by atomic mass is 16.3. The minimum atomic E-state index is 0.0313. The van der Waals surface area contributed by atoms with Crippen LogP contribution < -0.4 is 5.32 Å². The Kier molecular flexibility index (Phi) is 4.23. The summed E-state index contributed by atoms with van der Waals surface area (Å²) >= 11 is 0. The van der Waals surface area contributed by atoms with E-state index in [0.29, 0.717) is 25.9 Å². The van der Waals surface area contributed by atoms with E-state index in [0.717, 1.165) is 16.7 Å². The van der Waals surface area contributed by atoms with Gasteiger partial charge in [0.15, 0.2) is 0 Å². The molecule has 2 heterocycles. The lowest BCUT2D eigenvalue weighted by molar-refractivity contribution is -0.121. The van der Waals surface area contributed by atoms with Crippen molar-refractivity contribution in [3.05, 3.63) is 54.1 Å². The second-order valence-electron chi connectivity index (χ2n) is 5.31. The maximum atomic E-state index is 11.9. The van der Waals surface area contributed by atoms with Crippen LogP contribution in [0.2, 0.25) is 0 Å². The molecule has 22 heavy (non-hydrogen) atoms. The van der Waals surface area contributed by atoms with Gasteiger partial charge in [-0.05, 0) is 24.6 Å². The van der Waals surface area contributed by atoms with Gasteiger partial charge >= 0.3 is 0 Å². The molecule has 0 saturated carbocycles. The summed E-state index contributed by atoms with van der Waals surface area (Å²) in [5.41, 5.74) is 2.28. The highest BCUT2D eigenvalue weighted by molar-refractivity contribution is 5.82. The van der Waals surface area contributed by atoms with Gasteiger partial charge in [0, 0.05) is 24.8 Å².